The molecule has 2 heteroatoms. The van der Waals surface area contributed by atoms with Gasteiger partial charge in [0.15, 0.2) is 0 Å². The molecule has 0 bridgehead atoms. The highest BCUT2D eigenvalue weighted by Crippen LogP contribution is 2.19. The summed E-state index contributed by atoms with van der Waals surface area (Å²) in [4.78, 5) is 0. The predicted octanol–water partition coefficient (Wildman–Crippen LogP) is 2.17. The summed E-state index contributed by atoms with van der Waals surface area (Å²) in [6.45, 7) is 5.20. The first kappa shape index (κ1) is 8.47. The molecule has 0 saturated heterocycles. The van der Waals surface area contributed by atoms with Crippen molar-refractivity contribution in [3.8, 4) is 0 Å². The van der Waals surface area contributed by atoms with Gasteiger partial charge in [0, 0.05) is 6.54 Å². The highest BCUT2D eigenvalue weighted by atomic mass is 19.1. The number of nitrogens with one attached hydrogen (secondary N) is 1. The lowest BCUT2D eigenvalue weighted by Crippen LogP contribution is -2.20. The van der Waals surface area contributed by atoms with Crippen LogP contribution < -0.4 is 5.32 Å². The molecule has 0 aromatic carbocycles. The van der Waals surface area contributed by atoms with Crippen LogP contribution in [0.5, 0.6) is 0 Å². The van der Waals surface area contributed by atoms with Crippen molar-refractivity contribution in [2.75, 3.05) is 13.1 Å². The molecule has 0 radical (unpaired) electrons. The quantitative estimate of drug-likeness (QED) is 0.612. The minimum atomic E-state index is -0.0573. The van der Waals surface area contributed by atoms with Gasteiger partial charge in [0.25, 0.3) is 0 Å². The van der Waals surface area contributed by atoms with Gasteiger partial charge in [-0.1, -0.05) is 6.08 Å². The van der Waals surface area contributed by atoms with E-state index < -0.39 is 0 Å². The Kier molecular flexibility index (Phi) is 2.83. The van der Waals surface area contributed by atoms with Crippen LogP contribution in [0.3, 0.4) is 0 Å². The van der Waals surface area contributed by atoms with Gasteiger partial charge in [-0.3, -0.25) is 0 Å². The molecule has 0 aromatic heterocycles. The van der Waals surface area contributed by atoms with Gasteiger partial charge in [-0.05, 0) is 38.0 Å². The molecular formula is C9H14FN. The van der Waals surface area contributed by atoms with E-state index in [1.165, 1.54) is 6.92 Å². The third-order valence-electron chi connectivity index (χ3n) is 2.06. The average Bonchev–Trinajstić information content (AvgIpc) is 2.05. The van der Waals surface area contributed by atoms with Crippen LogP contribution in [0.2, 0.25) is 0 Å². The monoisotopic (exact) mass is 155 g/mol. The molecule has 1 heterocycles. The average molecular weight is 155 g/mol. The van der Waals surface area contributed by atoms with E-state index in [4.69, 9.17) is 0 Å². The molecule has 0 aromatic rings. The molecule has 0 amide bonds. The Labute approximate surface area is 67.0 Å². The number of hydrogen-bond donors (Lipinski definition) is 1. The van der Waals surface area contributed by atoms with Crippen molar-refractivity contribution in [1.29, 1.82) is 0 Å². The molecule has 1 nitrogen and oxygen atoms in total. The van der Waals surface area contributed by atoms with Crippen molar-refractivity contribution >= 4 is 0 Å². The van der Waals surface area contributed by atoms with Crippen LogP contribution in [0.4, 0.5) is 4.39 Å². The zero-order chi connectivity index (χ0) is 8.27. The van der Waals surface area contributed by atoms with Gasteiger partial charge in [0.1, 0.15) is 0 Å². The Bertz CT molecular complexity index is 200. The van der Waals surface area contributed by atoms with E-state index in [9.17, 15) is 4.39 Å². The van der Waals surface area contributed by atoms with Crippen molar-refractivity contribution in [1.82, 2.24) is 5.32 Å². The maximum atomic E-state index is 12.7. The molecule has 0 atom stereocenters. The summed E-state index contributed by atoms with van der Waals surface area (Å²) in [7, 11) is 0. The minimum Gasteiger partial charge on any atom is -0.313 e. The number of halogens is 1. The van der Waals surface area contributed by atoms with E-state index in [1.54, 1.807) is 0 Å². The first-order chi connectivity index (χ1) is 5.22. The maximum Gasteiger partial charge on any atom is 0.1000 e. The number of allylic oxidation sites excluding steroid dienone is 2. The Morgan fingerprint density at radius 2 is 2.27 bits per heavy atom. The standard InChI is InChI=1S/C9H14FN/c1-7(8(2)10)9-3-5-11-6-4-9/h3,11H,4-6H2,1-2H3/b8-7-. The van der Waals surface area contributed by atoms with E-state index in [1.807, 2.05) is 6.92 Å². The Morgan fingerprint density at radius 1 is 1.55 bits per heavy atom. The fraction of sp³-hybridized carbons (Fsp3) is 0.556. The first-order valence-corrected chi connectivity index (χ1v) is 3.95. The van der Waals surface area contributed by atoms with Crippen LogP contribution in [-0.4, -0.2) is 13.1 Å². The minimum absolute atomic E-state index is 0.0573. The van der Waals surface area contributed by atoms with Crippen molar-refractivity contribution in [3.05, 3.63) is 23.0 Å². The van der Waals surface area contributed by atoms with Gasteiger partial charge in [-0.25, -0.2) is 4.39 Å². The fourth-order valence-electron chi connectivity index (χ4n) is 1.18. The van der Waals surface area contributed by atoms with E-state index in [-0.39, 0.29) is 5.83 Å². The van der Waals surface area contributed by atoms with E-state index >= 15 is 0 Å². The van der Waals surface area contributed by atoms with Gasteiger partial charge in [0.2, 0.25) is 0 Å². The van der Waals surface area contributed by atoms with Crippen molar-refractivity contribution in [3.63, 3.8) is 0 Å². The summed E-state index contributed by atoms with van der Waals surface area (Å²) in [6, 6.07) is 0. The van der Waals surface area contributed by atoms with Crippen LogP contribution in [0.15, 0.2) is 23.0 Å². The van der Waals surface area contributed by atoms with Gasteiger partial charge in [-0.15, -0.1) is 0 Å². The summed E-state index contributed by atoms with van der Waals surface area (Å²) in [5.41, 5.74) is 1.97. The number of hydrogen-bond acceptors (Lipinski definition) is 1. The maximum absolute atomic E-state index is 12.7. The highest BCUT2D eigenvalue weighted by molar-refractivity contribution is 5.32. The SMILES string of the molecule is C/C(F)=C(\C)C1=CCNCC1. The van der Waals surface area contributed by atoms with Crippen LogP contribution in [0, 0.1) is 0 Å². The zero-order valence-electron chi connectivity index (χ0n) is 7.08. The van der Waals surface area contributed by atoms with Crippen LogP contribution in [0.25, 0.3) is 0 Å². The van der Waals surface area contributed by atoms with E-state index in [0.717, 1.165) is 30.7 Å². The van der Waals surface area contributed by atoms with Crippen LogP contribution in [-0.2, 0) is 0 Å². The second-order valence-corrected chi connectivity index (χ2v) is 2.84. The van der Waals surface area contributed by atoms with Crippen LogP contribution in [0.1, 0.15) is 20.3 Å². The van der Waals surface area contributed by atoms with Crippen molar-refractivity contribution in [2.24, 2.45) is 0 Å². The van der Waals surface area contributed by atoms with Crippen LogP contribution >= 0.6 is 0 Å². The second-order valence-electron chi connectivity index (χ2n) is 2.84. The molecule has 0 unspecified atom stereocenters. The molecule has 62 valence electrons. The molecule has 1 aliphatic heterocycles. The molecule has 1 N–H and O–H groups in total. The topological polar surface area (TPSA) is 12.0 Å². The number of rotatable bonds is 1. The fourth-order valence-corrected chi connectivity index (χ4v) is 1.18. The summed E-state index contributed by atoms with van der Waals surface area (Å²) >= 11 is 0. The lowest BCUT2D eigenvalue weighted by atomic mass is 10.0. The molecule has 0 fully saturated rings. The molecule has 11 heavy (non-hydrogen) atoms. The first-order valence-electron chi connectivity index (χ1n) is 3.95. The van der Waals surface area contributed by atoms with Gasteiger partial charge in [0.05, 0.1) is 5.83 Å². The van der Waals surface area contributed by atoms with Gasteiger partial charge < -0.3 is 5.32 Å². The summed E-state index contributed by atoms with van der Waals surface area (Å²) in [5, 5.41) is 3.19. The molecule has 1 rings (SSSR count). The smallest absolute Gasteiger partial charge is 0.1000 e. The van der Waals surface area contributed by atoms with E-state index in [0.29, 0.717) is 0 Å². The summed E-state index contributed by atoms with van der Waals surface area (Å²) in [5.74, 6) is -0.0573. The third kappa shape index (κ3) is 2.15. The van der Waals surface area contributed by atoms with E-state index in [2.05, 4.69) is 11.4 Å². The zero-order valence-corrected chi connectivity index (χ0v) is 7.08. The molecule has 0 saturated carbocycles. The van der Waals surface area contributed by atoms with Crippen molar-refractivity contribution in [2.45, 2.75) is 20.3 Å². The predicted molar refractivity (Wildman–Crippen MR) is 45.1 cm³/mol. The Morgan fingerprint density at radius 3 is 2.73 bits per heavy atom. The second kappa shape index (κ2) is 3.67. The molecular weight excluding hydrogens is 141 g/mol. The summed E-state index contributed by atoms with van der Waals surface area (Å²) in [6.07, 6.45) is 3.01. The molecule has 0 spiro atoms. The molecule has 1 aliphatic rings. The van der Waals surface area contributed by atoms with Crippen molar-refractivity contribution < 1.29 is 4.39 Å². The Balaban J connectivity index is 2.74. The molecule has 0 aliphatic carbocycles. The lowest BCUT2D eigenvalue weighted by molar-refractivity contribution is 0.622. The third-order valence-corrected chi connectivity index (χ3v) is 2.06. The summed E-state index contributed by atoms with van der Waals surface area (Å²) < 4.78 is 12.7. The Hall–Kier alpha value is -0.630. The normalized spacial score (nSPS) is 20.8. The highest BCUT2D eigenvalue weighted by Gasteiger charge is 2.06. The largest absolute Gasteiger partial charge is 0.313 e. The van der Waals surface area contributed by atoms with Gasteiger partial charge >= 0.3 is 0 Å². The lowest BCUT2D eigenvalue weighted by Gasteiger charge is -2.14. The van der Waals surface area contributed by atoms with Gasteiger partial charge in [-0.2, -0.15) is 0 Å².